The van der Waals surface area contributed by atoms with Crippen LogP contribution in [0, 0.1) is 11.8 Å². The summed E-state index contributed by atoms with van der Waals surface area (Å²) in [7, 11) is 1.20. The fraction of sp³-hybridized carbons (Fsp3) is 0.474. The monoisotopic (exact) mass is 300 g/mol. The highest BCUT2D eigenvalue weighted by molar-refractivity contribution is 6.41. The summed E-state index contributed by atoms with van der Waals surface area (Å²) < 4.78 is 4.53. The first kappa shape index (κ1) is 18.0. The van der Waals surface area contributed by atoms with Gasteiger partial charge in [-0.3, -0.25) is 4.79 Å². The number of hydrogen-bond donors (Lipinski definition) is 0. The number of carbonyl (C=O) groups excluding carboxylic acids is 2. The first-order valence-corrected chi connectivity index (χ1v) is 7.57. The maximum absolute atomic E-state index is 12.1. The Kier molecular flexibility index (Phi) is 6.37. The molecule has 0 unspecified atom stereocenters. The van der Waals surface area contributed by atoms with Crippen LogP contribution in [0.2, 0.25) is 0 Å². The van der Waals surface area contributed by atoms with E-state index >= 15 is 0 Å². The summed E-state index contributed by atoms with van der Waals surface area (Å²) in [5.74, 6) is 4.61. The lowest BCUT2D eigenvalue weighted by Gasteiger charge is -2.20. The maximum atomic E-state index is 12.1. The SMILES string of the molecule is CCCCC#Cc1cc(C(C)(C)C)ccc1C(=O)C(=O)OC. The van der Waals surface area contributed by atoms with Crippen molar-refractivity contribution >= 4 is 11.8 Å². The minimum absolute atomic E-state index is 0.0489. The van der Waals surface area contributed by atoms with E-state index in [4.69, 9.17) is 0 Å². The lowest BCUT2D eigenvalue weighted by molar-refractivity contribution is -0.135. The largest absolute Gasteiger partial charge is 0.463 e. The van der Waals surface area contributed by atoms with E-state index in [9.17, 15) is 9.59 Å². The Hall–Kier alpha value is -2.08. The molecule has 0 radical (unpaired) electrons. The van der Waals surface area contributed by atoms with E-state index in [1.165, 1.54) is 7.11 Å². The van der Waals surface area contributed by atoms with Gasteiger partial charge in [-0.2, -0.15) is 0 Å². The van der Waals surface area contributed by atoms with Crippen molar-refractivity contribution in [2.75, 3.05) is 7.11 Å². The molecule has 0 heterocycles. The number of unbranched alkanes of at least 4 members (excludes halogenated alkanes) is 2. The van der Waals surface area contributed by atoms with Gasteiger partial charge in [-0.15, -0.1) is 0 Å². The molecule has 0 spiro atoms. The van der Waals surface area contributed by atoms with Crippen molar-refractivity contribution in [2.24, 2.45) is 0 Å². The number of methoxy groups -OCH3 is 1. The van der Waals surface area contributed by atoms with Crippen LogP contribution in [0.5, 0.6) is 0 Å². The van der Waals surface area contributed by atoms with Crippen molar-refractivity contribution < 1.29 is 14.3 Å². The summed E-state index contributed by atoms with van der Waals surface area (Å²) in [5.41, 5.74) is 1.93. The number of benzene rings is 1. The third-order valence-electron chi connectivity index (χ3n) is 3.38. The number of carbonyl (C=O) groups is 2. The summed E-state index contributed by atoms with van der Waals surface area (Å²) in [6.07, 6.45) is 2.87. The molecule has 0 fully saturated rings. The van der Waals surface area contributed by atoms with Crippen LogP contribution >= 0.6 is 0 Å². The second kappa shape index (κ2) is 7.79. The molecule has 0 aliphatic heterocycles. The predicted molar refractivity (Wildman–Crippen MR) is 87.9 cm³/mol. The molecule has 0 bridgehead atoms. The van der Waals surface area contributed by atoms with Crippen molar-refractivity contribution in [3.63, 3.8) is 0 Å². The zero-order valence-electron chi connectivity index (χ0n) is 14.1. The zero-order chi connectivity index (χ0) is 16.8. The minimum atomic E-state index is -0.861. The highest BCUT2D eigenvalue weighted by Crippen LogP contribution is 2.24. The normalized spacial score (nSPS) is 10.6. The van der Waals surface area contributed by atoms with Crippen LogP contribution in [0.25, 0.3) is 0 Å². The third kappa shape index (κ3) is 4.73. The average Bonchev–Trinajstić information content (AvgIpc) is 2.49. The molecule has 3 heteroatoms. The molecule has 0 saturated heterocycles. The molecule has 0 amide bonds. The van der Waals surface area contributed by atoms with Crippen LogP contribution in [0.1, 0.15) is 68.4 Å². The van der Waals surface area contributed by atoms with Crippen LogP contribution in [-0.4, -0.2) is 18.9 Å². The molecule has 0 saturated carbocycles. The fourth-order valence-electron chi connectivity index (χ4n) is 1.94. The van der Waals surface area contributed by atoms with Crippen LogP contribution in [0.15, 0.2) is 18.2 Å². The van der Waals surface area contributed by atoms with E-state index in [2.05, 4.69) is 44.3 Å². The molecular formula is C19H24O3. The van der Waals surface area contributed by atoms with Gasteiger partial charge in [0.25, 0.3) is 5.78 Å². The third-order valence-corrected chi connectivity index (χ3v) is 3.38. The number of esters is 1. The quantitative estimate of drug-likeness (QED) is 0.279. The Morgan fingerprint density at radius 3 is 2.45 bits per heavy atom. The summed E-state index contributed by atoms with van der Waals surface area (Å²) in [6, 6.07) is 5.44. The minimum Gasteiger partial charge on any atom is -0.463 e. The lowest BCUT2D eigenvalue weighted by Crippen LogP contribution is -2.18. The van der Waals surface area contributed by atoms with Crippen LogP contribution in [0.4, 0.5) is 0 Å². The average molecular weight is 300 g/mol. The Labute approximate surface area is 133 Å². The van der Waals surface area contributed by atoms with Gasteiger partial charge in [-0.25, -0.2) is 4.79 Å². The Morgan fingerprint density at radius 1 is 1.23 bits per heavy atom. The smallest absolute Gasteiger partial charge is 0.379 e. The first-order valence-electron chi connectivity index (χ1n) is 7.57. The molecule has 0 N–H and O–H groups in total. The van der Waals surface area contributed by atoms with Gasteiger partial charge in [-0.1, -0.05) is 52.0 Å². The van der Waals surface area contributed by atoms with Crippen LogP contribution < -0.4 is 0 Å². The summed E-state index contributed by atoms with van der Waals surface area (Å²) >= 11 is 0. The van der Waals surface area contributed by atoms with Crippen LogP contribution in [0.3, 0.4) is 0 Å². The second-order valence-corrected chi connectivity index (χ2v) is 6.24. The van der Waals surface area contributed by atoms with Gasteiger partial charge >= 0.3 is 5.97 Å². The molecule has 1 aromatic rings. The first-order chi connectivity index (χ1) is 10.3. The van der Waals surface area contributed by atoms with E-state index in [0.29, 0.717) is 11.1 Å². The summed E-state index contributed by atoms with van der Waals surface area (Å²) in [5, 5.41) is 0. The van der Waals surface area contributed by atoms with Crippen molar-refractivity contribution in [3.05, 3.63) is 34.9 Å². The standard InChI is InChI=1S/C19H24O3/c1-6-7-8-9-10-14-13-15(19(2,3)4)11-12-16(14)17(20)18(21)22-5/h11-13H,6-8H2,1-5H3. The number of Topliss-reactive ketones (excluding diaryl/α,β-unsaturated/α-hetero) is 1. The van der Waals surface area contributed by atoms with Gasteiger partial charge in [0, 0.05) is 17.5 Å². The molecule has 0 aliphatic carbocycles. The highest BCUT2D eigenvalue weighted by atomic mass is 16.5. The van der Waals surface area contributed by atoms with E-state index in [0.717, 1.165) is 24.8 Å². The van der Waals surface area contributed by atoms with Gasteiger partial charge < -0.3 is 4.74 Å². The number of ether oxygens (including phenoxy) is 1. The summed E-state index contributed by atoms with van der Waals surface area (Å²) in [4.78, 5) is 23.6. The van der Waals surface area contributed by atoms with E-state index in [-0.39, 0.29) is 5.41 Å². The molecule has 0 aromatic heterocycles. The Bertz CT molecular complexity index is 610. The molecule has 0 atom stereocenters. The lowest BCUT2D eigenvalue weighted by atomic mass is 9.85. The van der Waals surface area contributed by atoms with E-state index in [1.54, 1.807) is 6.07 Å². The van der Waals surface area contributed by atoms with Crippen molar-refractivity contribution in [1.29, 1.82) is 0 Å². The van der Waals surface area contributed by atoms with Gasteiger partial charge in [0.05, 0.1) is 7.11 Å². The molecular weight excluding hydrogens is 276 g/mol. The molecule has 1 rings (SSSR count). The summed E-state index contributed by atoms with van der Waals surface area (Å²) in [6.45, 7) is 8.39. The fourth-order valence-corrected chi connectivity index (χ4v) is 1.94. The number of hydrogen-bond acceptors (Lipinski definition) is 3. The van der Waals surface area contributed by atoms with Gasteiger partial charge in [0.1, 0.15) is 0 Å². The van der Waals surface area contributed by atoms with Crippen molar-refractivity contribution in [2.45, 2.75) is 52.4 Å². The van der Waals surface area contributed by atoms with Gasteiger partial charge in [0.2, 0.25) is 0 Å². The van der Waals surface area contributed by atoms with Crippen molar-refractivity contribution in [3.8, 4) is 11.8 Å². The Balaban J connectivity index is 3.27. The number of ketones is 1. The van der Waals surface area contributed by atoms with Gasteiger partial charge in [0.15, 0.2) is 0 Å². The maximum Gasteiger partial charge on any atom is 0.379 e. The highest BCUT2D eigenvalue weighted by Gasteiger charge is 2.22. The number of rotatable bonds is 4. The van der Waals surface area contributed by atoms with E-state index in [1.807, 2.05) is 12.1 Å². The van der Waals surface area contributed by atoms with E-state index < -0.39 is 11.8 Å². The second-order valence-electron chi connectivity index (χ2n) is 6.24. The molecule has 22 heavy (non-hydrogen) atoms. The molecule has 0 aliphatic rings. The van der Waals surface area contributed by atoms with Crippen LogP contribution in [-0.2, 0) is 14.9 Å². The van der Waals surface area contributed by atoms with Crippen molar-refractivity contribution in [1.82, 2.24) is 0 Å². The topological polar surface area (TPSA) is 43.4 Å². The van der Waals surface area contributed by atoms with Gasteiger partial charge in [-0.05, 0) is 29.5 Å². The predicted octanol–water partition coefficient (Wildman–Crippen LogP) is 3.88. The zero-order valence-corrected chi connectivity index (χ0v) is 14.1. The molecule has 3 nitrogen and oxygen atoms in total. The Morgan fingerprint density at radius 2 is 1.91 bits per heavy atom. The molecule has 1 aromatic carbocycles. The molecule has 118 valence electrons.